The predicted octanol–water partition coefficient (Wildman–Crippen LogP) is 3.52. The van der Waals surface area contributed by atoms with E-state index in [2.05, 4.69) is 5.32 Å². The van der Waals surface area contributed by atoms with Gasteiger partial charge in [0.15, 0.2) is 5.82 Å². The number of nitrogens with zero attached hydrogens (tertiary/aromatic N) is 2. The van der Waals surface area contributed by atoms with Gasteiger partial charge in [-0.25, -0.2) is 14.4 Å². The van der Waals surface area contributed by atoms with Crippen molar-refractivity contribution in [3.63, 3.8) is 0 Å². The zero-order valence-electron chi connectivity index (χ0n) is 16.1. The number of fused-ring (bicyclic) bond motifs is 3. The van der Waals surface area contributed by atoms with E-state index in [1.165, 1.54) is 40.3 Å². The van der Waals surface area contributed by atoms with E-state index in [4.69, 9.17) is 26.3 Å². The van der Waals surface area contributed by atoms with Gasteiger partial charge in [0.25, 0.3) is 0 Å². The molecule has 0 atom stereocenters. The molecule has 2 aliphatic rings. The number of benzene rings is 1. The summed E-state index contributed by atoms with van der Waals surface area (Å²) < 4.78 is 19.0. The second kappa shape index (κ2) is 8.14. The molecule has 29 heavy (non-hydrogen) atoms. The first-order valence-corrected chi connectivity index (χ1v) is 11.3. The van der Waals surface area contributed by atoms with Gasteiger partial charge in [-0.2, -0.15) is 0 Å². The number of anilines is 2. The van der Waals surface area contributed by atoms with Crippen molar-refractivity contribution in [2.24, 2.45) is 0 Å². The molecule has 0 bridgehead atoms. The highest BCUT2D eigenvalue weighted by atomic mass is 35.5. The fraction of sp³-hybridized carbons (Fsp3) is 0.429. The summed E-state index contributed by atoms with van der Waals surface area (Å²) in [5.41, 5.74) is 2.02. The Morgan fingerprint density at radius 2 is 2.00 bits per heavy atom. The van der Waals surface area contributed by atoms with Gasteiger partial charge < -0.3 is 15.0 Å². The summed E-state index contributed by atoms with van der Waals surface area (Å²) in [4.78, 5) is 13.7. The maximum atomic E-state index is 13.5. The summed E-state index contributed by atoms with van der Waals surface area (Å²) in [7, 11) is 0. The molecule has 0 amide bonds. The van der Waals surface area contributed by atoms with Crippen molar-refractivity contribution in [2.45, 2.75) is 32.2 Å². The average molecular weight is 434 g/mol. The minimum absolute atomic E-state index is 0.348. The second-order valence-electron chi connectivity index (χ2n) is 7.67. The molecule has 3 heterocycles. The zero-order chi connectivity index (χ0) is 19.8. The van der Waals surface area contributed by atoms with Gasteiger partial charge in [-0.15, -0.1) is 11.3 Å². The Bertz CT molecular complexity index is 1050. The Labute approximate surface area is 177 Å². The van der Waals surface area contributed by atoms with Crippen LogP contribution in [0.4, 0.5) is 15.9 Å². The Kier molecular flexibility index (Phi) is 5.39. The van der Waals surface area contributed by atoms with Crippen LogP contribution in [0.1, 0.15) is 29.1 Å². The van der Waals surface area contributed by atoms with E-state index in [0.29, 0.717) is 10.7 Å². The first-order valence-electron chi connectivity index (χ1n) is 10.1. The molecular formula is C21H23ClFN4OS+. The Morgan fingerprint density at radius 3 is 2.83 bits per heavy atom. The number of quaternary nitrogens is 1. The highest BCUT2D eigenvalue weighted by Crippen LogP contribution is 2.40. The largest absolute Gasteiger partial charge is 0.370 e. The van der Waals surface area contributed by atoms with Gasteiger partial charge in [0.2, 0.25) is 0 Å². The maximum Gasteiger partial charge on any atom is 0.187 e. The van der Waals surface area contributed by atoms with Crippen LogP contribution in [-0.4, -0.2) is 36.3 Å². The van der Waals surface area contributed by atoms with Gasteiger partial charge >= 0.3 is 0 Å². The third-order valence-electron chi connectivity index (χ3n) is 5.65. The van der Waals surface area contributed by atoms with E-state index in [0.717, 1.165) is 67.5 Å². The van der Waals surface area contributed by atoms with Gasteiger partial charge in [0, 0.05) is 4.88 Å². The molecule has 1 saturated heterocycles. The maximum absolute atomic E-state index is 13.5. The van der Waals surface area contributed by atoms with Gasteiger partial charge in [0.05, 0.1) is 29.3 Å². The van der Waals surface area contributed by atoms with Crippen LogP contribution in [-0.2, 0) is 24.1 Å². The van der Waals surface area contributed by atoms with Crippen LogP contribution >= 0.6 is 22.9 Å². The summed E-state index contributed by atoms with van der Waals surface area (Å²) >= 11 is 8.07. The molecule has 8 heteroatoms. The number of aryl methyl sites for hydroxylation is 2. The third-order valence-corrected chi connectivity index (χ3v) is 7.15. The molecule has 2 N–H and O–H groups in total. The number of hydrogen-bond donors (Lipinski definition) is 2. The summed E-state index contributed by atoms with van der Waals surface area (Å²) in [6.07, 6.45) is 4.58. The predicted molar refractivity (Wildman–Crippen MR) is 114 cm³/mol. The van der Waals surface area contributed by atoms with Crippen molar-refractivity contribution in [3.8, 4) is 0 Å². The molecule has 3 aromatic rings. The monoisotopic (exact) mass is 433 g/mol. The van der Waals surface area contributed by atoms with Crippen molar-refractivity contribution in [1.82, 2.24) is 9.97 Å². The molecule has 152 valence electrons. The SMILES string of the molecule is Fc1ccc(Nc2nc(C[NH+]3CCOCC3)nc3sc4c(c23)CCCC4)c(Cl)c1. The fourth-order valence-electron chi connectivity index (χ4n) is 4.15. The average Bonchev–Trinajstić information content (AvgIpc) is 3.09. The number of rotatable bonds is 4. The lowest BCUT2D eigenvalue weighted by atomic mass is 9.97. The van der Waals surface area contributed by atoms with Crippen molar-refractivity contribution in [1.29, 1.82) is 0 Å². The van der Waals surface area contributed by atoms with Gasteiger partial charge in [0.1, 0.15) is 36.1 Å². The molecule has 1 aliphatic carbocycles. The normalized spacial score (nSPS) is 17.4. The topological polar surface area (TPSA) is 51.5 Å². The minimum atomic E-state index is -0.349. The summed E-state index contributed by atoms with van der Waals surface area (Å²) in [5, 5.41) is 4.83. The molecule has 2 aromatic heterocycles. The summed E-state index contributed by atoms with van der Waals surface area (Å²) in [6.45, 7) is 4.26. The summed E-state index contributed by atoms with van der Waals surface area (Å²) in [6, 6.07) is 4.40. The van der Waals surface area contributed by atoms with E-state index in [-0.39, 0.29) is 5.82 Å². The number of morpholine rings is 1. The molecule has 0 unspecified atom stereocenters. The van der Waals surface area contributed by atoms with Crippen molar-refractivity contribution >= 4 is 44.7 Å². The van der Waals surface area contributed by atoms with Crippen LogP contribution in [0.25, 0.3) is 10.2 Å². The van der Waals surface area contributed by atoms with Crippen LogP contribution in [0.2, 0.25) is 5.02 Å². The van der Waals surface area contributed by atoms with E-state index in [9.17, 15) is 4.39 Å². The molecule has 1 aromatic carbocycles. The highest BCUT2D eigenvalue weighted by molar-refractivity contribution is 7.19. The van der Waals surface area contributed by atoms with Crippen LogP contribution in [0.3, 0.4) is 0 Å². The van der Waals surface area contributed by atoms with Crippen molar-refractivity contribution in [3.05, 3.63) is 45.3 Å². The number of nitrogens with one attached hydrogen (secondary N) is 2. The molecule has 0 saturated carbocycles. The lowest BCUT2D eigenvalue weighted by Crippen LogP contribution is -3.12. The van der Waals surface area contributed by atoms with Crippen molar-refractivity contribution < 1.29 is 14.0 Å². The van der Waals surface area contributed by atoms with Gasteiger partial charge in [-0.3, -0.25) is 0 Å². The molecule has 1 aliphatic heterocycles. The summed E-state index contributed by atoms with van der Waals surface area (Å²) in [5.74, 6) is 1.26. The Morgan fingerprint density at radius 1 is 1.17 bits per heavy atom. The Balaban J connectivity index is 1.57. The van der Waals surface area contributed by atoms with E-state index >= 15 is 0 Å². The van der Waals surface area contributed by atoms with Crippen LogP contribution in [0.5, 0.6) is 0 Å². The molecule has 5 rings (SSSR count). The minimum Gasteiger partial charge on any atom is -0.370 e. The number of hydrogen-bond acceptors (Lipinski definition) is 5. The first-order chi connectivity index (χ1) is 14.2. The number of halogens is 2. The zero-order valence-corrected chi connectivity index (χ0v) is 17.6. The van der Waals surface area contributed by atoms with Crippen LogP contribution < -0.4 is 10.2 Å². The molecular weight excluding hydrogens is 411 g/mol. The second-order valence-corrected chi connectivity index (χ2v) is 9.16. The number of ether oxygens (including phenoxy) is 1. The molecule has 5 nitrogen and oxygen atoms in total. The first kappa shape index (κ1) is 19.2. The molecule has 0 spiro atoms. The lowest BCUT2D eigenvalue weighted by Gasteiger charge is -2.23. The number of thiophene rings is 1. The smallest absolute Gasteiger partial charge is 0.187 e. The number of aromatic nitrogens is 2. The standard InChI is InChI=1S/C21H22ClFN4OS/c22-15-11-13(23)5-6-16(15)24-20-19-14-3-1-2-4-17(14)29-21(19)26-18(25-20)12-27-7-9-28-10-8-27/h5-6,11H,1-4,7-10,12H2,(H,24,25,26)/p+1. The van der Waals surface area contributed by atoms with E-state index in [1.54, 1.807) is 17.4 Å². The molecule has 0 radical (unpaired) electrons. The van der Waals surface area contributed by atoms with E-state index < -0.39 is 0 Å². The van der Waals surface area contributed by atoms with Crippen molar-refractivity contribution in [2.75, 3.05) is 31.6 Å². The van der Waals surface area contributed by atoms with Crippen LogP contribution in [0.15, 0.2) is 18.2 Å². The van der Waals surface area contributed by atoms with Gasteiger partial charge in [-0.1, -0.05) is 11.6 Å². The van der Waals surface area contributed by atoms with Gasteiger partial charge in [-0.05, 0) is 49.4 Å². The van der Waals surface area contributed by atoms with Crippen LogP contribution in [0, 0.1) is 5.82 Å². The van der Waals surface area contributed by atoms with E-state index in [1.807, 2.05) is 0 Å². The Hall–Kier alpha value is -1.80. The highest BCUT2D eigenvalue weighted by Gasteiger charge is 2.23. The third kappa shape index (κ3) is 3.97. The lowest BCUT2D eigenvalue weighted by molar-refractivity contribution is -0.922. The molecule has 1 fully saturated rings. The fourth-order valence-corrected chi connectivity index (χ4v) is 5.64. The quantitative estimate of drug-likeness (QED) is 0.661.